The van der Waals surface area contributed by atoms with Gasteiger partial charge in [-0.1, -0.05) is 42.5 Å². The van der Waals surface area contributed by atoms with Gasteiger partial charge in [0, 0.05) is 6.04 Å². The molecule has 0 bridgehead atoms. The molecule has 25 heavy (non-hydrogen) atoms. The average molecular weight is 341 g/mol. The second-order valence-electron chi connectivity index (χ2n) is 6.29. The largest absolute Gasteiger partial charge is 0.497 e. The Hall–Kier alpha value is -2.53. The van der Waals surface area contributed by atoms with E-state index in [0.717, 1.165) is 16.9 Å². The molecule has 1 aliphatic heterocycles. The number of amides is 1. The molecule has 1 saturated heterocycles. The van der Waals surface area contributed by atoms with Crippen molar-refractivity contribution in [2.75, 3.05) is 13.7 Å². The van der Waals surface area contributed by atoms with E-state index in [1.165, 1.54) is 0 Å². The fraction of sp³-hybridized carbons (Fsp3) is 0.350. The van der Waals surface area contributed by atoms with E-state index in [9.17, 15) is 9.90 Å². The number of rotatable bonds is 5. The van der Waals surface area contributed by atoms with Crippen molar-refractivity contribution in [2.45, 2.75) is 31.6 Å². The van der Waals surface area contributed by atoms with Crippen LogP contribution in [0.15, 0.2) is 54.6 Å². The number of hydrogen-bond donors (Lipinski definition) is 1. The van der Waals surface area contributed by atoms with E-state index in [4.69, 9.17) is 9.47 Å². The highest BCUT2D eigenvalue weighted by Gasteiger charge is 2.35. The van der Waals surface area contributed by atoms with Crippen LogP contribution in [0, 0.1) is 0 Å². The minimum absolute atomic E-state index is 0.0633. The number of likely N-dealkylation sites (tertiary alicyclic amines) is 1. The molecule has 132 valence electrons. The van der Waals surface area contributed by atoms with Gasteiger partial charge in [0.2, 0.25) is 0 Å². The van der Waals surface area contributed by atoms with Crippen LogP contribution in [0.1, 0.15) is 17.5 Å². The quantitative estimate of drug-likeness (QED) is 0.908. The van der Waals surface area contributed by atoms with Gasteiger partial charge in [-0.2, -0.15) is 0 Å². The molecule has 0 aromatic heterocycles. The van der Waals surface area contributed by atoms with E-state index in [0.29, 0.717) is 19.4 Å². The van der Waals surface area contributed by atoms with Gasteiger partial charge in [0.15, 0.2) is 0 Å². The second-order valence-corrected chi connectivity index (χ2v) is 6.29. The number of aliphatic hydroxyl groups excluding tert-OH is 1. The lowest BCUT2D eigenvalue weighted by Crippen LogP contribution is -2.37. The highest BCUT2D eigenvalue weighted by atomic mass is 16.6. The number of benzene rings is 2. The van der Waals surface area contributed by atoms with Crippen LogP contribution in [0.2, 0.25) is 0 Å². The van der Waals surface area contributed by atoms with Gasteiger partial charge >= 0.3 is 6.09 Å². The minimum Gasteiger partial charge on any atom is -0.497 e. The molecule has 2 atom stereocenters. The number of carbonyl (C=O) groups is 1. The third-order valence-electron chi connectivity index (χ3n) is 4.46. The number of aliphatic hydroxyl groups is 1. The summed E-state index contributed by atoms with van der Waals surface area (Å²) in [6, 6.07) is 17.3. The summed E-state index contributed by atoms with van der Waals surface area (Å²) < 4.78 is 10.6. The molecule has 1 aliphatic rings. The van der Waals surface area contributed by atoms with Gasteiger partial charge in [0.25, 0.3) is 0 Å². The van der Waals surface area contributed by atoms with Crippen LogP contribution >= 0.6 is 0 Å². The second kappa shape index (κ2) is 8.03. The van der Waals surface area contributed by atoms with Crippen LogP contribution < -0.4 is 4.74 Å². The maximum Gasteiger partial charge on any atom is 0.410 e. The summed E-state index contributed by atoms with van der Waals surface area (Å²) in [5, 5.41) is 9.99. The summed E-state index contributed by atoms with van der Waals surface area (Å²) >= 11 is 0. The van der Waals surface area contributed by atoms with Crippen molar-refractivity contribution in [1.29, 1.82) is 0 Å². The van der Waals surface area contributed by atoms with Crippen LogP contribution in [0.3, 0.4) is 0 Å². The maximum atomic E-state index is 12.4. The summed E-state index contributed by atoms with van der Waals surface area (Å²) in [5.74, 6) is 0.800. The first-order valence-electron chi connectivity index (χ1n) is 8.44. The van der Waals surface area contributed by atoms with Crippen molar-refractivity contribution in [3.8, 4) is 5.75 Å². The smallest absolute Gasteiger partial charge is 0.410 e. The minimum atomic E-state index is -0.507. The first-order valence-corrected chi connectivity index (χ1v) is 8.44. The Morgan fingerprint density at radius 3 is 2.52 bits per heavy atom. The van der Waals surface area contributed by atoms with E-state index >= 15 is 0 Å². The zero-order valence-corrected chi connectivity index (χ0v) is 14.3. The standard InChI is InChI=1S/C20H23NO4/c1-24-19-9-7-15(8-10-19)11-17-12-18(22)13-21(17)20(23)25-14-16-5-3-2-4-6-16/h2-10,17-18,22H,11-14H2,1H3/t17-,18-/m1/s1. The van der Waals surface area contributed by atoms with Gasteiger partial charge in [-0.25, -0.2) is 4.79 Å². The van der Waals surface area contributed by atoms with Crippen molar-refractivity contribution >= 4 is 6.09 Å². The van der Waals surface area contributed by atoms with Crippen LogP contribution in [-0.2, 0) is 17.8 Å². The van der Waals surface area contributed by atoms with Gasteiger partial charge in [0.05, 0.1) is 19.8 Å². The van der Waals surface area contributed by atoms with Crippen molar-refractivity contribution < 1.29 is 19.4 Å². The van der Waals surface area contributed by atoms with Crippen LogP contribution in [0.25, 0.3) is 0 Å². The maximum absolute atomic E-state index is 12.4. The Bertz CT molecular complexity index is 687. The summed E-state index contributed by atoms with van der Waals surface area (Å²) in [7, 11) is 1.63. The van der Waals surface area contributed by atoms with Gasteiger partial charge in [-0.05, 0) is 36.1 Å². The molecule has 0 aliphatic carbocycles. The van der Waals surface area contributed by atoms with Gasteiger partial charge in [-0.3, -0.25) is 0 Å². The SMILES string of the molecule is COc1ccc(C[C@@H]2C[C@@H](O)CN2C(=O)OCc2ccccc2)cc1. The lowest BCUT2D eigenvalue weighted by Gasteiger charge is -2.24. The number of nitrogens with zero attached hydrogens (tertiary/aromatic N) is 1. The number of ether oxygens (including phenoxy) is 2. The molecule has 2 aromatic rings. The van der Waals surface area contributed by atoms with Crippen molar-refractivity contribution in [2.24, 2.45) is 0 Å². The van der Waals surface area contributed by atoms with Crippen molar-refractivity contribution in [3.05, 3.63) is 65.7 Å². The monoisotopic (exact) mass is 341 g/mol. The normalized spacial score (nSPS) is 19.7. The molecule has 1 N–H and O–H groups in total. The number of methoxy groups -OCH3 is 1. The summed E-state index contributed by atoms with van der Waals surface area (Å²) in [4.78, 5) is 14.1. The Morgan fingerprint density at radius 1 is 1.12 bits per heavy atom. The molecule has 0 unspecified atom stereocenters. The first-order chi connectivity index (χ1) is 12.2. The topological polar surface area (TPSA) is 59.0 Å². The molecular weight excluding hydrogens is 318 g/mol. The fourth-order valence-electron chi connectivity index (χ4n) is 3.15. The number of hydrogen-bond acceptors (Lipinski definition) is 4. The third kappa shape index (κ3) is 4.51. The van der Waals surface area contributed by atoms with Crippen molar-refractivity contribution in [3.63, 3.8) is 0 Å². The van der Waals surface area contributed by atoms with E-state index < -0.39 is 6.10 Å². The molecule has 2 aromatic carbocycles. The molecule has 0 saturated carbocycles. The van der Waals surface area contributed by atoms with E-state index in [1.54, 1.807) is 12.0 Å². The van der Waals surface area contributed by atoms with Crippen LogP contribution in [-0.4, -0.2) is 41.9 Å². The lowest BCUT2D eigenvalue weighted by molar-refractivity contribution is 0.0877. The molecule has 5 nitrogen and oxygen atoms in total. The van der Waals surface area contributed by atoms with Crippen LogP contribution in [0.4, 0.5) is 4.79 Å². The third-order valence-corrected chi connectivity index (χ3v) is 4.46. The molecule has 0 radical (unpaired) electrons. The van der Waals surface area contributed by atoms with E-state index in [-0.39, 0.29) is 18.7 Å². The van der Waals surface area contributed by atoms with Crippen LogP contribution in [0.5, 0.6) is 5.75 Å². The highest BCUT2D eigenvalue weighted by Crippen LogP contribution is 2.24. The molecule has 1 fully saturated rings. The van der Waals surface area contributed by atoms with Crippen molar-refractivity contribution in [1.82, 2.24) is 4.90 Å². The predicted octanol–water partition coefficient (Wildman–Crippen LogP) is 3.01. The molecule has 0 spiro atoms. The Labute approximate surface area is 147 Å². The molecule has 1 heterocycles. The zero-order chi connectivity index (χ0) is 17.6. The molecule has 5 heteroatoms. The molecular formula is C20H23NO4. The van der Waals surface area contributed by atoms with E-state index in [1.807, 2.05) is 54.6 Å². The summed E-state index contributed by atoms with van der Waals surface area (Å²) in [6.07, 6.45) is 0.361. The van der Waals surface area contributed by atoms with Gasteiger partial charge in [-0.15, -0.1) is 0 Å². The predicted molar refractivity (Wildman–Crippen MR) is 94.4 cm³/mol. The number of carbonyl (C=O) groups excluding carboxylic acids is 1. The Kier molecular flexibility index (Phi) is 5.56. The van der Waals surface area contributed by atoms with Gasteiger partial charge in [0.1, 0.15) is 12.4 Å². The lowest BCUT2D eigenvalue weighted by atomic mass is 10.0. The average Bonchev–Trinajstić information content (AvgIpc) is 3.01. The summed E-state index contributed by atoms with van der Waals surface area (Å²) in [5.41, 5.74) is 2.04. The summed E-state index contributed by atoms with van der Waals surface area (Å²) in [6.45, 7) is 0.552. The first kappa shape index (κ1) is 17.3. The highest BCUT2D eigenvalue weighted by molar-refractivity contribution is 5.68. The number of β-amino-alcohol motifs (C(OH)–C–C–N with tert-alkyl or cyclic N) is 1. The van der Waals surface area contributed by atoms with Gasteiger partial charge < -0.3 is 19.5 Å². The van der Waals surface area contributed by atoms with E-state index in [2.05, 4.69) is 0 Å². The Morgan fingerprint density at radius 2 is 1.84 bits per heavy atom. The Balaban J connectivity index is 1.61. The zero-order valence-electron chi connectivity index (χ0n) is 14.3. The molecule has 1 amide bonds. The molecule has 3 rings (SSSR count). The fourth-order valence-corrected chi connectivity index (χ4v) is 3.15.